The van der Waals surface area contributed by atoms with Gasteiger partial charge in [0, 0.05) is 24.7 Å². The largest absolute Gasteiger partial charge is 0.326 e. The van der Waals surface area contributed by atoms with E-state index < -0.39 is 0 Å². The van der Waals surface area contributed by atoms with E-state index in [0.29, 0.717) is 18.2 Å². The molecule has 4 rings (SSSR count). The van der Waals surface area contributed by atoms with E-state index in [1.165, 1.54) is 25.7 Å². The fourth-order valence-electron chi connectivity index (χ4n) is 4.29. The van der Waals surface area contributed by atoms with Crippen molar-refractivity contribution in [2.45, 2.75) is 32.1 Å². The number of benzene rings is 1. The summed E-state index contributed by atoms with van der Waals surface area (Å²) in [6.45, 7) is 0. The van der Waals surface area contributed by atoms with Gasteiger partial charge in [-0.05, 0) is 59.6 Å². The zero-order chi connectivity index (χ0) is 15.8. The van der Waals surface area contributed by atoms with Gasteiger partial charge in [0.05, 0.1) is 0 Å². The van der Waals surface area contributed by atoms with Crippen LogP contribution in [-0.2, 0) is 11.8 Å². The maximum Gasteiger partial charge on any atom is 0.224 e. The van der Waals surface area contributed by atoms with Crippen LogP contribution in [0, 0.1) is 17.8 Å². The standard InChI is InChI=1S/C17H21N5O/c1-22-17(19-20-21-22)13-3-2-4-15(9-13)18-16(23)10-14-8-11-5-6-12(14)7-11/h2-4,9,11-12,14H,5-8,10H2,1H3,(H,18,23)/t11-,12-,14+/m0/s1. The van der Waals surface area contributed by atoms with Crippen LogP contribution in [0.4, 0.5) is 5.69 Å². The minimum absolute atomic E-state index is 0.121. The molecule has 2 aromatic rings. The van der Waals surface area contributed by atoms with E-state index in [1.54, 1.807) is 11.7 Å². The molecular formula is C17H21N5O. The predicted molar refractivity (Wildman–Crippen MR) is 86.4 cm³/mol. The fourth-order valence-corrected chi connectivity index (χ4v) is 4.29. The number of carbonyl (C=O) groups is 1. The molecule has 0 radical (unpaired) electrons. The third-order valence-electron chi connectivity index (χ3n) is 5.36. The molecule has 1 N–H and O–H groups in total. The Morgan fingerprint density at radius 3 is 2.96 bits per heavy atom. The first-order chi connectivity index (χ1) is 11.2. The van der Waals surface area contributed by atoms with Crippen LogP contribution >= 0.6 is 0 Å². The van der Waals surface area contributed by atoms with Crippen LogP contribution < -0.4 is 5.32 Å². The Morgan fingerprint density at radius 2 is 2.26 bits per heavy atom. The summed E-state index contributed by atoms with van der Waals surface area (Å²) < 4.78 is 1.62. The number of carbonyl (C=O) groups excluding carboxylic acids is 1. The van der Waals surface area contributed by atoms with Gasteiger partial charge in [-0.2, -0.15) is 0 Å². The van der Waals surface area contributed by atoms with Crippen LogP contribution in [0.15, 0.2) is 24.3 Å². The Balaban J connectivity index is 1.42. The van der Waals surface area contributed by atoms with Crippen LogP contribution in [0.25, 0.3) is 11.4 Å². The lowest BCUT2D eigenvalue weighted by Crippen LogP contribution is -2.20. The van der Waals surface area contributed by atoms with Gasteiger partial charge < -0.3 is 5.32 Å². The quantitative estimate of drug-likeness (QED) is 0.942. The van der Waals surface area contributed by atoms with Crippen LogP contribution in [-0.4, -0.2) is 26.1 Å². The minimum atomic E-state index is 0.121. The number of aromatic nitrogens is 4. The average Bonchev–Trinajstić information content (AvgIpc) is 3.24. The molecule has 2 bridgehead atoms. The topological polar surface area (TPSA) is 72.7 Å². The van der Waals surface area contributed by atoms with Gasteiger partial charge in [-0.25, -0.2) is 4.68 Å². The molecule has 23 heavy (non-hydrogen) atoms. The van der Waals surface area contributed by atoms with Gasteiger partial charge in [-0.15, -0.1) is 5.10 Å². The summed E-state index contributed by atoms with van der Waals surface area (Å²) >= 11 is 0. The Bertz CT molecular complexity index is 725. The number of nitrogens with one attached hydrogen (secondary N) is 1. The molecule has 6 heteroatoms. The second-order valence-corrected chi connectivity index (χ2v) is 6.89. The van der Waals surface area contributed by atoms with Gasteiger partial charge >= 0.3 is 0 Å². The molecule has 1 heterocycles. The Morgan fingerprint density at radius 1 is 1.35 bits per heavy atom. The predicted octanol–water partition coefficient (Wildman–Crippen LogP) is 2.64. The lowest BCUT2D eigenvalue weighted by Gasteiger charge is -2.20. The molecule has 1 amide bonds. The SMILES string of the molecule is Cn1nnnc1-c1cccc(NC(=O)C[C@H]2C[C@H]3CC[C@H]2C3)c1. The van der Waals surface area contributed by atoms with Gasteiger partial charge in [0.25, 0.3) is 0 Å². The molecule has 0 spiro atoms. The normalized spacial score (nSPS) is 25.7. The van der Waals surface area contributed by atoms with Gasteiger partial charge in [0.1, 0.15) is 0 Å². The molecule has 2 aliphatic rings. The molecular weight excluding hydrogens is 290 g/mol. The Kier molecular flexibility index (Phi) is 3.59. The number of aryl methyl sites for hydroxylation is 1. The first-order valence-corrected chi connectivity index (χ1v) is 8.31. The lowest BCUT2D eigenvalue weighted by atomic mass is 9.86. The Labute approximate surface area is 135 Å². The molecule has 3 atom stereocenters. The molecule has 1 aromatic carbocycles. The van der Waals surface area contributed by atoms with Crippen LogP contribution in [0.5, 0.6) is 0 Å². The van der Waals surface area contributed by atoms with E-state index >= 15 is 0 Å². The molecule has 2 fully saturated rings. The highest BCUT2D eigenvalue weighted by molar-refractivity contribution is 5.91. The first kappa shape index (κ1) is 14.4. The summed E-state index contributed by atoms with van der Waals surface area (Å²) in [5.74, 6) is 3.05. The molecule has 0 unspecified atom stereocenters. The number of hydrogen-bond acceptors (Lipinski definition) is 4. The molecule has 0 saturated heterocycles. The van der Waals surface area contributed by atoms with Crippen molar-refractivity contribution in [1.82, 2.24) is 20.2 Å². The molecule has 6 nitrogen and oxygen atoms in total. The third-order valence-corrected chi connectivity index (χ3v) is 5.36. The van der Waals surface area contributed by atoms with Crippen molar-refractivity contribution in [3.05, 3.63) is 24.3 Å². The number of amides is 1. The third kappa shape index (κ3) is 2.85. The van der Waals surface area contributed by atoms with E-state index in [0.717, 1.165) is 23.1 Å². The van der Waals surface area contributed by atoms with Crippen molar-refractivity contribution in [2.75, 3.05) is 5.32 Å². The van der Waals surface area contributed by atoms with Crippen molar-refractivity contribution in [1.29, 1.82) is 0 Å². The van der Waals surface area contributed by atoms with E-state index in [2.05, 4.69) is 20.8 Å². The van der Waals surface area contributed by atoms with E-state index in [-0.39, 0.29) is 5.91 Å². The maximum absolute atomic E-state index is 12.4. The maximum atomic E-state index is 12.4. The number of nitrogens with zero attached hydrogens (tertiary/aromatic N) is 4. The summed E-state index contributed by atoms with van der Waals surface area (Å²) in [6, 6.07) is 7.69. The lowest BCUT2D eigenvalue weighted by molar-refractivity contribution is -0.117. The number of rotatable bonds is 4. The summed E-state index contributed by atoms with van der Waals surface area (Å²) in [6.07, 6.45) is 5.92. The van der Waals surface area contributed by atoms with Crippen molar-refractivity contribution in [2.24, 2.45) is 24.8 Å². The zero-order valence-electron chi connectivity index (χ0n) is 13.3. The monoisotopic (exact) mass is 311 g/mol. The van der Waals surface area contributed by atoms with Crippen molar-refractivity contribution >= 4 is 11.6 Å². The molecule has 1 aromatic heterocycles. The number of hydrogen-bond donors (Lipinski definition) is 1. The highest BCUT2D eigenvalue weighted by atomic mass is 16.1. The van der Waals surface area contributed by atoms with Gasteiger partial charge in [-0.3, -0.25) is 4.79 Å². The zero-order valence-corrected chi connectivity index (χ0v) is 13.3. The summed E-state index contributed by atoms with van der Waals surface area (Å²) in [4.78, 5) is 12.4. The minimum Gasteiger partial charge on any atom is -0.326 e. The van der Waals surface area contributed by atoms with Crippen molar-refractivity contribution in [3.8, 4) is 11.4 Å². The summed E-state index contributed by atoms with van der Waals surface area (Å²) in [7, 11) is 1.80. The highest BCUT2D eigenvalue weighted by Gasteiger charge is 2.40. The molecule has 2 aliphatic carbocycles. The molecule has 2 saturated carbocycles. The number of anilines is 1. The van der Waals surface area contributed by atoms with Gasteiger partial charge in [0.15, 0.2) is 5.82 Å². The van der Waals surface area contributed by atoms with E-state index in [4.69, 9.17) is 0 Å². The van der Waals surface area contributed by atoms with Crippen LogP contribution in [0.1, 0.15) is 32.1 Å². The average molecular weight is 311 g/mol. The van der Waals surface area contributed by atoms with Crippen molar-refractivity contribution < 1.29 is 4.79 Å². The van der Waals surface area contributed by atoms with Crippen LogP contribution in [0.2, 0.25) is 0 Å². The number of fused-ring (bicyclic) bond motifs is 2. The van der Waals surface area contributed by atoms with Gasteiger partial charge in [-0.1, -0.05) is 18.6 Å². The first-order valence-electron chi connectivity index (χ1n) is 8.31. The van der Waals surface area contributed by atoms with E-state index in [9.17, 15) is 4.79 Å². The van der Waals surface area contributed by atoms with Crippen molar-refractivity contribution in [3.63, 3.8) is 0 Å². The molecule has 0 aliphatic heterocycles. The van der Waals surface area contributed by atoms with Gasteiger partial charge in [0.2, 0.25) is 5.91 Å². The van der Waals surface area contributed by atoms with E-state index in [1.807, 2.05) is 24.3 Å². The van der Waals surface area contributed by atoms with Crippen LogP contribution in [0.3, 0.4) is 0 Å². The smallest absolute Gasteiger partial charge is 0.224 e. The summed E-state index contributed by atoms with van der Waals surface area (Å²) in [5.41, 5.74) is 1.70. The second-order valence-electron chi connectivity index (χ2n) is 6.89. The second kappa shape index (κ2) is 5.76. The Hall–Kier alpha value is -2.24. The highest BCUT2D eigenvalue weighted by Crippen LogP contribution is 2.49. The molecule has 120 valence electrons. The fraction of sp³-hybridized carbons (Fsp3) is 0.529. The number of tetrazole rings is 1. The summed E-state index contributed by atoms with van der Waals surface area (Å²) in [5, 5.41) is 14.5.